The summed E-state index contributed by atoms with van der Waals surface area (Å²) in [5, 5.41) is 17.7. The van der Waals surface area contributed by atoms with Crippen LogP contribution in [0, 0.1) is 17.8 Å². The fraction of sp³-hybridized carbons (Fsp3) is 0.619. The van der Waals surface area contributed by atoms with E-state index < -0.39 is 0 Å². The van der Waals surface area contributed by atoms with Gasteiger partial charge in [0.1, 0.15) is 0 Å². The third kappa shape index (κ3) is 3.31. The molecule has 0 radical (unpaired) electrons. The van der Waals surface area contributed by atoms with E-state index in [0.29, 0.717) is 30.1 Å². The van der Waals surface area contributed by atoms with Crippen LogP contribution in [-0.2, 0) is 13.0 Å². The van der Waals surface area contributed by atoms with Gasteiger partial charge in [-0.2, -0.15) is 4.98 Å². The zero-order valence-electron chi connectivity index (χ0n) is 15.8. The van der Waals surface area contributed by atoms with Crippen molar-refractivity contribution in [3.8, 4) is 11.5 Å². The van der Waals surface area contributed by atoms with Gasteiger partial charge in [-0.15, -0.1) is 0 Å². The Bertz CT molecular complexity index is 797. The fourth-order valence-corrected chi connectivity index (χ4v) is 6.03. The molecule has 6 rings (SSSR count). The lowest BCUT2D eigenvalue weighted by molar-refractivity contribution is -0.0209. The fourth-order valence-electron chi connectivity index (χ4n) is 6.03. The molecule has 0 aliphatic heterocycles. The maximum atomic E-state index is 9.71. The topological polar surface area (TPSA) is 80.4 Å². The number of rotatable bonds is 6. The maximum absolute atomic E-state index is 9.71. The number of nitrogens with zero attached hydrogens (tertiary/aromatic N) is 2. The summed E-state index contributed by atoms with van der Waals surface area (Å²) < 4.78 is 10.6. The Morgan fingerprint density at radius 3 is 2.56 bits per heavy atom. The van der Waals surface area contributed by atoms with E-state index in [-0.39, 0.29) is 5.75 Å². The molecule has 1 aromatic carbocycles. The summed E-state index contributed by atoms with van der Waals surface area (Å²) in [5.41, 5.74) is 1.27. The number of nitrogens with one attached hydrogen (secondary N) is 1. The summed E-state index contributed by atoms with van der Waals surface area (Å²) >= 11 is 0. The van der Waals surface area contributed by atoms with E-state index in [1.54, 1.807) is 19.2 Å². The Morgan fingerprint density at radius 2 is 1.89 bits per heavy atom. The van der Waals surface area contributed by atoms with Crippen LogP contribution in [-0.4, -0.2) is 27.9 Å². The second-order valence-electron chi connectivity index (χ2n) is 8.84. The highest BCUT2D eigenvalue weighted by Crippen LogP contribution is 2.55. The molecule has 4 bridgehead atoms. The molecule has 0 atom stereocenters. The number of hydrogen-bond acceptors (Lipinski definition) is 6. The van der Waals surface area contributed by atoms with Crippen LogP contribution in [0.1, 0.15) is 55.8 Å². The van der Waals surface area contributed by atoms with Crippen LogP contribution < -0.4 is 10.1 Å². The minimum atomic E-state index is 0.132. The average molecular weight is 369 g/mol. The summed E-state index contributed by atoms with van der Waals surface area (Å²) in [7, 11) is 1.54. The smallest absolute Gasteiger partial charge is 0.231 e. The number of aromatic hydroxyl groups is 1. The van der Waals surface area contributed by atoms with Gasteiger partial charge in [-0.25, -0.2) is 0 Å². The number of phenolic OH excluding ortho intramolecular Hbond substituents is 1. The Morgan fingerprint density at radius 1 is 1.19 bits per heavy atom. The van der Waals surface area contributed by atoms with Crippen molar-refractivity contribution in [3.05, 3.63) is 35.5 Å². The molecule has 4 fully saturated rings. The lowest BCUT2D eigenvalue weighted by Gasteiger charge is -2.57. The van der Waals surface area contributed by atoms with E-state index >= 15 is 0 Å². The van der Waals surface area contributed by atoms with E-state index in [2.05, 4.69) is 15.5 Å². The van der Waals surface area contributed by atoms with E-state index in [0.717, 1.165) is 29.1 Å². The average Bonchev–Trinajstić information content (AvgIpc) is 3.08. The van der Waals surface area contributed by atoms with Crippen LogP contribution in [0.15, 0.2) is 22.7 Å². The van der Waals surface area contributed by atoms with Crippen molar-refractivity contribution in [3.63, 3.8) is 0 Å². The number of hydrogen-bond donors (Lipinski definition) is 2. The summed E-state index contributed by atoms with van der Waals surface area (Å²) in [6.07, 6.45) is 8.82. The number of aromatic nitrogens is 2. The van der Waals surface area contributed by atoms with Gasteiger partial charge in [0.05, 0.1) is 20.1 Å². The molecule has 6 nitrogen and oxygen atoms in total. The molecule has 0 spiro atoms. The van der Waals surface area contributed by atoms with Crippen molar-refractivity contribution < 1.29 is 14.4 Å². The third-order valence-electron chi connectivity index (χ3n) is 6.77. The van der Waals surface area contributed by atoms with Gasteiger partial charge in [0, 0.05) is 5.54 Å². The van der Waals surface area contributed by atoms with Gasteiger partial charge in [-0.1, -0.05) is 11.2 Å². The number of ether oxygens (including phenoxy) is 1. The summed E-state index contributed by atoms with van der Waals surface area (Å²) in [6.45, 7) is 0.675. The van der Waals surface area contributed by atoms with Gasteiger partial charge in [-0.3, -0.25) is 0 Å². The van der Waals surface area contributed by atoms with Crippen LogP contribution in [0.3, 0.4) is 0 Å². The van der Waals surface area contributed by atoms with E-state index in [1.165, 1.54) is 38.5 Å². The van der Waals surface area contributed by atoms with Gasteiger partial charge in [0.25, 0.3) is 0 Å². The van der Waals surface area contributed by atoms with Crippen molar-refractivity contribution in [2.24, 2.45) is 17.8 Å². The quantitative estimate of drug-likeness (QED) is 0.812. The molecule has 27 heavy (non-hydrogen) atoms. The lowest BCUT2D eigenvalue weighted by atomic mass is 9.53. The first-order chi connectivity index (χ1) is 13.1. The van der Waals surface area contributed by atoms with E-state index in [1.807, 2.05) is 6.07 Å². The number of methoxy groups -OCH3 is 1. The van der Waals surface area contributed by atoms with Crippen molar-refractivity contribution in [2.75, 3.05) is 7.11 Å². The first-order valence-electron chi connectivity index (χ1n) is 10.0. The van der Waals surface area contributed by atoms with Crippen LogP contribution in [0.25, 0.3) is 0 Å². The lowest BCUT2D eigenvalue weighted by Crippen LogP contribution is -2.58. The summed E-state index contributed by atoms with van der Waals surface area (Å²) in [4.78, 5) is 4.56. The molecule has 4 saturated carbocycles. The summed E-state index contributed by atoms with van der Waals surface area (Å²) in [5.74, 6) is 4.68. The standard InChI is InChI=1S/C21H27N3O3/c1-26-18-7-13(2-3-17(18)25)8-20-23-19(24-27-20)12-22-21-9-14-4-15(10-21)6-16(5-14)11-21/h2-3,7,14-16,22,25H,4-6,8-12H2,1H3. The second-order valence-corrected chi connectivity index (χ2v) is 8.84. The normalized spacial score (nSPS) is 31.4. The zero-order valence-corrected chi connectivity index (χ0v) is 15.8. The van der Waals surface area contributed by atoms with Gasteiger partial charge in [0.2, 0.25) is 5.89 Å². The molecule has 0 saturated heterocycles. The highest BCUT2D eigenvalue weighted by Gasteiger charge is 2.50. The Kier molecular flexibility index (Phi) is 4.11. The van der Waals surface area contributed by atoms with Crippen molar-refractivity contribution in [1.29, 1.82) is 0 Å². The van der Waals surface area contributed by atoms with Crippen molar-refractivity contribution >= 4 is 0 Å². The molecule has 2 N–H and O–H groups in total. The van der Waals surface area contributed by atoms with Gasteiger partial charge in [-0.05, 0) is 74.0 Å². The predicted molar refractivity (Wildman–Crippen MR) is 99.5 cm³/mol. The molecule has 4 aliphatic rings. The molecular weight excluding hydrogens is 342 g/mol. The molecule has 0 amide bonds. The molecular formula is C21H27N3O3. The van der Waals surface area contributed by atoms with E-state index in [4.69, 9.17) is 9.26 Å². The zero-order chi connectivity index (χ0) is 18.4. The van der Waals surface area contributed by atoms with Crippen LogP contribution in [0.2, 0.25) is 0 Å². The van der Waals surface area contributed by atoms with Crippen LogP contribution >= 0.6 is 0 Å². The van der Waals surface area contributed by atoms with Crippen LogP contribution in [0.4, 0.5) is 0 Å². The largest absolute Gasteiger partial charge is 0.504 e. The number of benzene rings is 1. The minimum Gasteiger partial charge on any atom is -0.504 e. The molecule has 6 heteroatoms. The Labute approximate surface area is 159 Å². The van der Waals surface area contributed by atoms with E-state index in [9.17, 15) is 5.11 Å². The molecule has 2 aromatic rings. The van der Waals surface area contributed by atoms with Gasteiger partial charge < -0.3 is 19.7 Å². The first-order valence-corrected chi connectivity index (χ1v) is 10.0. The first kappa shape index (κ1) is 17.0. The van der Waals surface area contributed by atoms with Gasteiger partial charge in [0.15, 0.2) is 17.3 Å². The molecule has 0 unspecified atom stereocenters. The van der Waals surface area contributed by atoms with Crippen molar-refractivity contribution in [1.82, 2.24) is 15.5 Å². The van der Waals surface area contributed by atoms with Gasteiger partial charge >= 0.3 is 0 Å². The van der Waals surface area contributed by atoms with Crippen molar-refractivity contribution in [2.45, 2.75) is 57.0 Å². The highest BCUT2D eigenvalue weighted by molar-refractivity contribution is 5.42. The highest BCUT2D eigenvalue weighted by atomic mass is 16.5. The Hall–Kier alpha value is -2.08. The second kappa shape index (κ2) is 6.51. The number of phenols is 1. The minimum absolute atomic E-state index is 0.132. The molecule has 1 heterocycles. The SMILES string of the molecule is COc1cc(Cc2nc(CNC34CC5CC(CC(C5)C3)C4)no2)ccc1O. The Balaban J connectivity index is 1.23. The summed E-state index contributed by atoms with van der Waals surface area (Å²) in [6, 6.07) is 5.27. The monoisotopic (exact) mass is 369 g/mol. The molecule has 4 aliphatic carbocycles. The molecule has 144 valence electrons. The predicted octanol–water partition coefficient (Wildman–Crippen LogP) is 3.43. The maximum Gasteiger partial charge on any atom is 0.231 e. The molecule has 1 aromatic heterocycles. The van der Waals surface area contributed by atoms with Crippen LogP contribution in [0.5, 0.6) is 11.5 Å². The third-order valence-corrected chi connectivity index (χ3v) is 6.77.